The molecule has 3 N–H and O–H groups in total. The predicted octanol–water partition coefficient (Wildman–Crippen LogP) is 3.69. The van der Waals surface area contributed by atoms with Gasteiger partial charge in [0.25, 0.3) is 5.91 Å². The van der Waals surface area contributed by atoms with Crippen molar-refractivity contribution in [2.45, 2.75) is 13.8 Å². The summed E-state index contributed by atoms with van der Waals surface area (Å²) in [5.74, 6) is -0.969. The molecule has 1 heterocycles. The number of carbonyl (C=O) groups is 2. The molecule has 8 heteroatoms. The van der Waals surface area contributed by atoms with Gasteiger partial charge in [-0.25, -0.2) is 9.79 Å². The molecule has 1 fully saturated rings. The Morgan fingerprint density at radius 2 is 2.07 bits per heavy atom. The van der Waals surface area contributed by atoms with Gasteiger partial charge in [-0.2, -0.15) is 0 Å². The van der Waals surface area contributed by atoms with Gasteiger partial charge < -0.3 is 20.3 Å². The highest BCUT2D eigenvalue weighted by molar-refractivity contribution is 8.18. The fourth-order valence-electron chi connectivity index (χ4n) is 2.50. The summed E-state index contributed by atoms with van der Waals surface area (Å²) in [7, 11) is 0. The van der Waals surface area contributed by atoms with Crippen molar-refractivity contribution in [1.82, 2.24) is 5.32 Å². The predicted molar refractivity (Wildman–Crippen MR) is 108 cm³/mol. The number of nitrogens with zero attached hydrogens (tertiary/aromatic N) is 1. The number of aromatic carboxylic acids is 1. The first-order chi connectivity index (χ1) is 13.4. The second kappa shape index (κ2) is 8.18. The van der Waals surface area contributed by atoms with Crippen LogP contribution < -0.4 is 10.1 Å². The number of carboxylic acids is 1. The third-order valence-corrected chi connectivity index (χ3v) is 4.82. The van der Waals surface area contributed by atoms with Crippen LogP contribution in [0.1, 0.15) is 28.4 Å². The van der Waals surface area contributed by atoms with E-state index in [0.717, 1.165) is 17.3 Å². The molecular formula is C20H18N2O5S. The third kappa shape index (κ3) is 4.34. The van der Waals surface area contributed by atoms with Crippen LogP contribution in [0.15, 0.2) is 46.3 Å². The second-order valence-corrected chi connectivity index (χ2v) is 6.98. The zero-order valence-electron chi connectivity index (χ0n) is 15.2. The topological polar surface area (TPSA) is 108 Å². The molecule has 1 aliphatic rings. The largest absolute Gasteiger partial charge is 0.504 e. The number of amides is 1. The number of rotatable bonds is 5. The Morgan fingerprint density at radius 3 is 2.79 bits per heavy atom. The molecule has 0 saturated carbocycles. The minimum atomic E-state index is -1.04. The second-order valence-electron chi connectivity index (χ2n) is 5.95. The summed E-state index contributed by atoms with van der Waals surface area (Å²) in [5.41, 5.74) is 2.10. The summed E-state index contributed by atoms with van der Waals surface area (Å²) in [6, 6.07) is 9.47. The number of thioether (sulfide) groups is 1. The minimum absolute atomic E-state index is 0.0311. The van der Waals surface area contributed by atoms with Crippen LogP contribution in [0.3, 0.4) is 0 Å². The number of carboxylic acid groups (broad SMARTS) is 1. The van der Waals surface area contributed by atoms with E-state index in [2.05, 4.69) is 10.3 Å². The fraction of sp³-hybridized carbons (Fsp3) is 0.150. The van der Waals surface area contributed by atoms with Crippen LogP contribution in [0.5, 0.6) is 11.5 Å². The third-order valence-electron chi connectivity index (χ3n) is 3.91. The Morgan fingerprint density at radius 1 is 1.29 bits per heavy atom. The number of carbonyl (C=O) groups excluding carboxylic acids is 1. The van der Waals surface area contributed by atoms with Gasteiger partial charge in [0, 0.05) is 0 Å². The number of hydrogen-bond donors (Lipinski definition) is 3. The number of amidine groups is 1. The molecule has 144 valence electrons. The van der Waals surface area contributed by atoms with Crippen molar-refractivity contribution in [3.05, 3.63) is 58.0 Å². The molecule has 28 heavy (non-hydrogen) atoms. The number of aryl methyl sites for hydroxylation is 1. The Bertz CT molecular complexity index is 1010. The van der Waals surface area contributed by atoms with E-state index in [-0.39, 0.29) is 17.2 Å². The van der Waals surface area contributed by atoms with Crippen LogP contribution in [-0.2, 0) is 4.79 Å². The first kappa shape index (κ1) is 19.5. The SMILES string of the molecule is CCOc1cc(C=C2SC(=Nc3cc(C(=O)O)ccc3C)NC2=O)ccc1O. The molecule has 0 aromatic heterocycles. The zero-order chi connectivity index (χ0) is 20.3. The van der Waals surface area contributed by atoms with Gasteiger partial charge in [-0.1, -0.05) is 12.1 Å². The molecule has 0 unspecified atom stereocenters. The molecule has 7 nitrogen and oxygen atoms in total. The van der Waals surface area contributed by atoms with Crippen LogP contribution >= 0.6 is 11.8 Å². The molecule has 0 aliphatic carbocycles. The molecule has 1 aliphatic heterocycles. The summed E-state index contributed by atoms with van der Waals surface area (Å²) in [5, 5.41) is 22.0. The van der Waals surface area contributed by atoms with Gasteiger partial charge in [0.2, 0.25) is 0 Å². The zero-order valence-corrected chi connectivity index (χ0v) is 16.0. The van der Waals surface area contributed by atoms with Gasteiger partial charge in [-0.15, -0.1) is 0 Å². The number of nitrogens with one attached hydrogen (secondary N) is 1. The van der Waals surface area contributed by atoms with Crippen molar-refractivity contribution in [2.24, 2.45) is 4.99 Å². The van der Waals surface area contributed by atoms with Crippen LogP contribution in [0.4, 0.5) is 5.69 Å². The van der Waals surface area contributed by atoms with Gasteiger partial charge in [0.05, 0.1) is 22.8 Å². The van der Waals surface area contributed by atoms with E-state index in [1.165, 1.54) is 18.2 Å². The van der Waals surface area contributed by atoms with Crippen LogP contribution in [0.25, 0.3) is 6.08 Å². The van der Waals surface area contributed by atoms with E-state index in [0.29, 0.717) is 33.7 Å². The molecule has 0 spiro atoms. The van der Waals surface area contributed by atoms with E-state index < -0.39 is 5.97 Å². The van der Waals surface area contributed by atoms with Crippen molar-refractivity contribution in [3.8, 4) is 11.5 Å². The van der Waals surface area contributed by atoms with Gasteiger partial charge in [-0.3, -0.25) is 4.79 Å². The standard InChI is InChI=1S/C20H18N2O5S/c1-3-27-16-8-12(5-7-15(16)23)9-17-18(24)22-20(28-17)21-14-10-13(19(25)26)6-4-11(14)2/h4-10,23H,3H2,1-2H3,(H,25,26)(H,21,22,24). The first-order valence-electron chi connectivity index (χ1n) is 8.46. The lowest BCUT2D eigenvalue weighted by Gasteiger charge is -2.06. The van der Waals surface area contributed by atoms with Crippen molar-refractivity contribution in [3.63, 3.8) is 0 Å². The van der Waals surface area contributed by atoms with Gasteiger partial charge in [-0.05, 0) is 67.1 Å². The monoisotopic (exact) mass is 398 g/mol. The summed E-state index contributed by atoms with van der Waals surface area (Å²) in [6.45, 7) is 4.04. The highest BCUT2D eigenvalue weighted by Gasteiger charge is 2.24. The Balaban J connectivity index is 1.87. The summed E-state index contributed by atoms with van der Waals surface area (Å²) in [6.07, 6.45) is 1.67. The maximum absolute atomic E-state index is 12.3. The van der Waals surface area contributed by atoms with Crippen LogP contribution in [-0.4, -0.2) is 33.9 Å². The molecule has 2 aromatic rings. The van der Waals surface area contributed by atoms with Gasteiger partial charge in [0.1, 0.15) is 0 Å². The van der Waals surface area contributed by atoms with E-state index in [1.807, 2.05) is 13.8 Å². The summed E-state index contributed by atoms with van der Waals surface area (Å²) in [4.78, 5) is 28.2. The van der Waals surface area contributed by atoms with E-state index in [9.17, 15) is 14.7 Å². The minimum Gasteiger partial charge on any atom is -0.504 e. The van der Waals surface area contributed by atoms with Crippen molar-refractivity contribution in [1.29, 1.82) is 0 Å². The van der Waals surface area contributed by atoms with Gasteiger partial charge >= 0.3 is 5.97 Å². The molecule has 0 atom stereocenters. The number of phenolic OH excluding ortho intramolecular Hbond substituents is 1. The number of ether oxygens (including phenoxy) is 1. The van der Waals surface area contributed by atoms with E-state index in [1.54, 1.807) is 24.3 Å². The molecule has 1 amide bonds. The molecule has 3 rings (SSSR count). The lowest BCUT2D eigenvalue weighted by atomic mass is 10.1. The molecule has 0 bridgehead atoms. The molecule has 1 saturated heterocycles. The lowest BCUT2D eigenvalue weighted by Crippen LogP contribution is -2.19. The number of benzene rings is 2. The highest BCUT2D eigenvalue weighted by atomic mass is 32.2. The average molecular weight is 398 g/mol. The number of aromatic hydroxyl groups is 1. The van der Waals surface area contributed by atoms with Crippen molar-refractivity contribution < 1.29 is 24.5 Å². The maximum atomic E-state index is 12.3. The number of phenols is 1. The summed E-state index contributed by atoms with van der Waals surface area (Å²) < 4.78 is 5.35. The first-order valence-corrected chi connectivity index (χ1v) is 9.28. The Labute approximate surface area is 165 Å². The Hall–Kier alpha value is -3.26. The fourth-order valence-corrected chi connectivity index (χ4v) is 3.33. The Kier molecular flexibility index (Phi) is 5.70. The normalized spacial score (nSPS) is 16.4. The molecule has 0 radical (unpaired) electrons. The highest BCUT2D eigenvalue weighted by Crippen LogP contribution is 2.32. The average Bonchev–Trinajstić information content (AvgIpc) is 2.99. The van der Waals surface area contributed by atoms with Crippen LogP contribution in [0.2, 0.25) is 0 Å². The van der Waals surface area contributed by atoms with Crippen LogP contribution in [0, 0.1) is 6.92 Å². The molecule has 2 aromatic carbocycles. The van der Waals surface area contributed by atoms with Crippen molar-refractivity contribution in [2.75, 3.05) is 6.61 Å². The van der Waals surface area contributed by atoms with Crippen molar-refractivity contribution >= 4 is 40.6 Å². The maximum Gasteiger partial charge on any atom is 0.335 e. The molecular weight excluding hydrogens is 380 g/mol. The quantitative estimate of drug-likeness (QED) is 0.663. The summed E-state index contributed by atoms with van der Waals surface area (Å²) >= 11 is 1.15. The lowest BCUT2D eigenvalue weighted by molar-refractivity contribution is -0.115. The van der Waals surface area contributed by atoms with E-state index >= 15 is 0 Å². The van der Waals surface area contributed by atoms with E-state index in [4.69, 9.17) is 9.84 Å². The smallest absolute Gasteiger partial charge is 0.335 e. The van der Waals surface area contributed by atoms with Gasteiger partial charge in [0.15, 0.2) is 16.7 Å². The number of aliphatic imine (C=N–C) groups is 1. The number of hydrogen-bond acceptors (Lipinski definition) is 6.